The predicted octanol–water partition coefficient (Wildman–Crippen LogP) is 23.0. The molecule has 14 aromatic rings. The first-order valence-electron chi connectivity index (χ1n) is 45.4. The molecule has 0 bridgehead atoms. The van der Waals surface area contributed by atoms with Crippen LogP contribution in [-0.2, 0) is 31.0 Å². The van der Waals surface area contributed by atoms with Crippen LogP contribution in [0.15, 0.2) is 146 Å². The number of ether oxygens (including phenoxy) is 1. The van der Waals surface area contributed by atoms with E-state index in [9.17, 15) is 27.5 Å². The van der Waals surface area contributed by atoms with Crippen LogP contribution in [0.1, 0.15) is 159 Å². The lowest BCUT2D eigenvalue weighted by Gasteiger charge is -2.29. The number of carbonyl (C=O) groups is 1. The van der Waals surface area contributed by atoms with E-state index in [1.54, 1.807) is 26.0 Å². The number of imidazole rings is 4. The molecule has 0 radical (unpaired) electrons. The molecule has 1 atom stereocenters. The fourth-order valence-electron chi connectivity index (χ4n) is 19.2. The van der Waals surface area contributed by atoms with Gasteiger partial charge in [0.25, 0.3) is 0 Å². The van der Waals surface area contributed by atoms with Crippen LogP contribution in [0.2, 0.25) is 15.1 Å². The van der Waals surface area contributed by atoms with Crippen LogP contribution in [0.25, 0.3) is 66.4 Å². The number of carboxylic acids is 1. The molecule has 6 N–H and O–H groups in total. The summed E-state index contributed by atoms with van der Waals surface area (Å²) >= 11 is 19.5. The van der Waals surface area contributed by atoms with Crippen LogP contribution in [-0.4, -0.2) is 127 Å². The van der Waals surface area contributed by atoms with Crippen LogP contribution >= 0.6 is 34.8 Å². The number of nitrogens with one attached hydrogen (secondary N) is 3. The average molecular weight is 1810 g/mol. The zero-order chi connectivity index (χ0) is 90.7. The first-order chi connectivity index (χ1) is 62.1. The predicted molar refractivity (Wildman–Crippen MR) is 518 cm³/mol. The monoisotopic (exact) mass is 1800 g/mol. The Balaban J connectivity index is 0.000000126. The Kier molecular flexibility index (Phi) is 28.2. The van der Waals surface area contributed by atoms with E-state index in [2.05, 4.69) is 108 Å². The van der Waals surface area contributed by atoms with Crippen molar-refractivity contribution in [1.29, 1.82) is 0 Å². The molecule has 4 aromatic heterocycles. The number of nitrogens with zero attached hydrogens (tertiary/aromatic N) is 11. The van der Waals surface area contributed by atoms with Crippen LogP contribution in [0.5, 0.6) is 5.75 Å². The molecule has 674 valence electrons. The highest BCUT2D eigenvalue weighted by Gasteiger charge is 2.31. The number of piperidine rings is 2. The summed E-state index contributed by atoms with van der Waals surface area (Å²) in [5.41, 5.74) is 30.6. The van der Waals surface area contributed by atoms with E-state index < -0.39 is 12.0 Å². The van der Waals surface area contributed by atoms with Gasteiger partial charge in [0.2, 0.25) is 23.8 Å². The molecule has 4 aliphatic heterocycles. The van der Waals surface area contributed by atoms with Crippen molar-refractivity contribution in [3.63, 3.8) is 0 Å². The van der Waals surface area contributed by atoms with Gasteiger partial charge in [0.05, 0.1) is 70.9 Å². The van der Waals surface area contributed by atoms with E-state index in [4.69, 9.17) is 65.2 Å². The van der Waals surface area contributed by atoms with Crippen molar-refractivity contribution >= 4 is 109 Å². The zero-order valence-electron chi connectivity index (χ0n) is 75.7. The maximum absolute atomic E-state index is 14.3. The van der Waals surface area contributed by atoms with Crippen molar-refractivity contribution in [2.24, 2.45) is 11.7 Å². The summed E-state index contributed by atoms with van der Waals surface area (Å²) in [5, 5.41) is 21.7. The summed E-state index contributed by atoms with van der Waals surface area (Å²) in [6, 6.07) is 46.4. The van der Waals surface area contributed by atoms with E-state index in [1.807, 2.05) is 137 Å². The van der Waals surface area contributed by atoms with Gasteiger partial charge in [-0.15, -0.1) is 0 Å². The second-order valence-electron chi connectivity index (χ2n) is 36.1. The molecule has 19 rings (SSSR count). The Bertz CT molecular complexity index is 6420. The lowest BCUT2D eigenvalue weighted by atomic mass is 10.0. The maximum atomic E-state index is 14.3. The summed E-state index contributed by atoms with van der Waals surface area (Å²) in [7, 11) is 0. The molecule has 18 nitrogen and oxygen atoms in total. The average Bonchev–Trinajstić information content (AvgIpc) is 1.63. The molecule has 10 aromatic carbocycles. The lowest BCUT2D eigenvalue weighted by Crippen LogP contribution is -2.45. The molecule has 1 aliphatic carbocycles. The van der Waals surface area contributed by atoms with Gasteiger partial charge in [0, 0.05) is 121 Å². The fraction of sp³-hybridized carbons (Fsp3) is 0.375. The van der Waals surface area contributed by atoms with Crippen molar-refractivity contribution in [1.82, 2.24) is 48.8 Å². The number of anilines is 4. The third kappa shape index (κ3) is 20.2. The SMILES string of the molecule is Cc1cc(-c2ccccc2Cl)c2nc(N3CCCCC3)n(Cc3cc(C)c(F)c(C)c3)c2c1.Cc1cc(-c2ccccc2Cl)c2nc(NCC3CNC3)n(Cc3cc(C)c(F)c(C)c3)c2c1.Cc1cc(Cn2c(N3CCCCC3)nc3c(C(N)C(=O)O)cc(Cl)cc32)cc(C)c1F.Cc1cc(OC2CCCC2)c2nc(N3CCNCC3)n(Cc3cc(C)c(F)c(C)c3)c2c1. The molecule has 1 saturated carbocycles. The topological polar surface area (TPSA) is 190 Å². The summed E-state index contributed by atoms with van der Waals surface area (Å²) in [6.07, 6.45) is 11.9. The molecule has 5 fully saturated rings. The normalized spacial score (nSPS) is 15.3. The molecular formula is C104H116Cl3F4N15O3. The van der Waals surface area contributed by atoms with Crippen LogP contribution in [0, 0.1) is 105 Å². The van der Waals surface area contributed by atoms with Gasteiger partial charge < -0.3 is 64.5 Å². The number of carboxylic acid groups (broad SMARTS) is 1. The third-order valence-corrected chi connectivity index (χ3v) is 26.6. The summed E-state index contributed by atoms with van der Waals surface area (Å²) in [4.78, 5) is 38.8. The van der Waals surface area contributed by atoms with Gasteiger partial charge in [-0.1, -0.05) is 120 Å². The van der Waals surface area contributed by atoms with E-state index in [0.29, 0.717) is 97.7 Å². The number of hydrogen-bond acceptors (Lipinski definition) is 13. The van der Waals surface area contributed by atoms with Crippen LogP contribution in [0.3, 0.4) is 0 Å². The number of piperazine rings is 1. The minimum atomic E-state index is -1.23. The summed E-state index contributed by atoms with van der Waals surface area (Å²) in [6.45, 7) is 33.6. The molecule has 8 heterocycles. The molecule has 0 spiro atoms. The number of nitrogens with two attached hydrogens (primary N) is 1. The van der Waals surface area contributed by atoms with Crippen molar-refractivity contribution in [2.45, 2.75) is 179 Å². The number of fused-ring (bicyclic) bond motifs is 4. The Labute approximate surface area is 768 Å². The van der Waals surface area contributed by atoms with E-state index in [1.165, 1.54) is 44.1 Å². The largest absolute Gasteiger partial charge is 0.488 e. The highest BCUT2D eigenvalue weighted by atomic mass is 35.5. The number of benzene rings is 10. The minimum absolute atomic E-state index is 0.116. The van der Waals surface area contributed by atoms with Gasteiger partial charge in [-0.05, 0) is 284 Å². The molecular weight excluding hydrogens is 1690 g/mol. The van der Waals surface area contributed by atoms with Crippen LogP contribution < -0.4 is 41.1 Å². The van der Waals surface area contributed by atoms with Crippen molar-refractivity contribution in [3.05, 3.63) is 273 Å². The van der Waals surface area contributed by atoms with E-state index in [-0.39, 0.29) is 29.4 Å². The number of hydrogen-bond donors (Lipinski definition) is 5. The second kappa shape index (κ2) is 39.8. The smallest absolute Gasteiger partial charge is 0.325 e. The lowest BCUT2D eigenvalue weighted by molar-refractivity contribution is -0.138. The van der Waals surface area contributed by atoms with E-state index in [0.717, 1.165) is 226 Å². The number of aryl methyl sites for hydroxylation is 11. The Morgan fingerprint density at radius 1 is 0.442 bits per heavy atom. The second-order valence-corrected chi connectivity index (χ2v) is 37.3. The maximum Gasteiger partial charge on any atom is 0.325 e. The molecule has 0 amide bonds. The molecule has 1 unspecified atom stereocenters. The van der Waals surface area contributed by atoms with Gasteiger partial charge in [0.15, 0.2) is 0 Å². The number of aromatic nitrogens is 8. The Morgan fingerprint density at radius 2 is 0.814 bits per heavy atom. The number of halogens is 7. The van der Waals surface area contributed by atoms with Crippen molar-refractivity contribution in [2.75, 3.05) is 92.0 Å². The van der Waals surface area contributed by atoms with E-state index >= 15 is 0 Å². The number of rotatable bonds is 20. The highest BCUT2D eigenvalue weighted by molar-refractivity contribution is 6.34. The van der Waals surface area contributed by atoms with Gasteiger partial charge in [-0.25, -0.2) is 37.5 Å². The quantitative estimate of drug-likeness (QED) is 0.0453. The third-order valence-electron chi connectivity index (χ3n) is 25.7. The Hall–Kier alpha value is -11.0. The molecule has 5 aliphatic rings. The molecule has 4 saturated heterocycles. The summed E-state index contributed by atoms with van der Waals surface area (Å²) in [5.74, 6) is 3.33. The number of aliphatic carboxylic acids is 1. The van der Waals surface area contributed by atoms with Gasteiger partial charge >= 0.3 is 5.97 Å². The molecule has 25 heteroatoms. The standard InChI is InChI=1S/C28H29ClFN3.C27H28ClFN4.C26H33FN4O.C23H26ClFN4O2/c1-18-13-23(22-9-5-6-10-24(22)29)27-25(14-18)33(28(31-27)32-11-7-4-8-12-32)17-21-15-19(2)26(30)20(3)16-21;1-16-8-22(21-6-4-5-7-23(21)28)26-24(9-16)33(27(32-26)31-14-20-12-30-13-20)15-19-10-17(2)25(29)18(3)11-19;1-17-12-22-25(23(13-17)32-21-6-4-5-7-21)29-26(30-10-8-28-9-11-30)31(22)16-20-14-18(2)24(27)19(3)15-20;1-13-8-15(9-14(2)19(13)25)12-29-18-11-16(24)10-17(20(26)22(30)31)21(18)27-23(29)28-6-4-3-5-7-28/h5-6,9-10,13-16H,4,7-8,11-12,17H2,1-3H3;4-11,20,30H,12-15H2,1-3H3,(H,31,32);12-15,21,28H,4-11,16H2,1-3H3;8-11,20H,3-7,12,26H2,1-2H3,(H,30,31). The van der Waals surface area contributed by atoms with Crippen LogP contribution in [0.4, 0.5) is 41.4 Å². The zero-order valence-corrected chi connectivity index (χ0v) is 77.9. The molecule has 129 heavy (non-hydrogen) atoms. The van der Waals surface area contributed by atoms with Gasteiger partial charge in [-0.2, -0.15) is 0 Å². The van der Waals surface area contributed by atoms with Crippen molar-refractivity contribution in [3.8, 4) is 28.0 Å². The van der Waals surface area contributed by atoms with Gasteiger partial charge in [0.1, 0.15) is 40.6 Å². The minimum Gasteiger partial charge on any atom is -0.488 e. The first-order valence-corrected chi connectivity index (χ1v) is 46.5. The highest BCUT2D eigenvalue weighted by Crippen LogP contribution is 2.42. The fourth-order valence-corrected chi connectivity index (χ4v) is 19.8. The van der Waals surface area contributed by atoms with Crippen molar-refractivity contribution < 1.29 is 32.2 Å². The Morgan fingerprint density at radius 3 is 1.23 bits per heavy atom. The van der Waals surface area contributed by atoms with Gasteiger partial charge in [-0.3, -0.25) is 4.79 Å². The summed E-state index contributed by atoms with van der Waals surface area (Å²) < 4.78 is 72.3. The first kappa shape index (κ1) is 91.3.